The molecule has 1 heterocycles. The van der Waals surface area contributed by atoms with Crippen LogP contribution in [0.15, 0.2) is 0 Å². The van der Waals surface area contributed by atoms with Crippen molar-refractivity contribution in [1.29, 1.82) is 0 Å². The van der Waals surface area contributed by atoms with Crippen molar-refractivity contribution < 1.29 is 8.42 Å². The summed E-state index contributed by atoms with van der Waals surface area (Å²) in [5.74, 6) is 0.355. The summed E-state index contributed by atoms with van der Waals surface area (Å²) in [6.45, 7) is 1.86. The summed E-state index contributed by atoms with van der Waals surface area (Å²) in [6.07, 6.45) is 3.25. The van der Waals surface area contributed by atoms with Crippen LogP contribution in [0.1, 0.15) is 12.8 Å². The van der Waals surface area contributed by atoms with Crippen LogP contribution in [-0.2, 0) is 10.0 Å². The van der Waals surface area contributed by atoms with Gasteiger partial charge in [0.05, 0.1) is 6.26 Å². The standard InChI is InChI=1S/C7H16N2O2S/c1-12(10,11)9-4-2-3-7(5-8)6-9/h7H,2-6,8H2,1H3. The maximum Gasteiger partial charge on any atom is 0.211 e. The SMILES string of the molecule is CS(=O)(=O)N1CCCC(CN)C1. The summed E-state index contributed by atoms with van der Waals surface area (Å²) in [6, 6.07) is 0. The Labute approximate surface area is 73.8 Å². The molecule has 0 aliphatic carbocycles. The number of piperidine rings is 1. The number of nitrogens with zero attached hydrogens (tertiary/aromatic N) is 1. The van der Waals surface area contributed by atoms with Crippen LogP contribution in [0.5, 0.6) is 0 Å². The summed E-state index contributed by atoms with van der Waals surface area (Å²) in [5, 5.41) is 0. The first-order chi connectivity index (χ1) is 5.54. The van der Waals surface area contributed by atoms with E-state index < -0.39 is 10.0 Å². The molecule has 1 unspecified atom stereocenters. The average Bonchev–Trinajstić information content (AvgIpc) is 2.03. The van der Waals surface area contributed by atoms with Gasteiger partial charge in [-0.05, 0) is 25.3 Å². The first-order valence-electron chi connectivity index (χ1n) is 4.19. The second-order valence-electron chi connectivity index (χ2n) is 3.36. The topological polar surface area (TPSA) is 63.4 Å². The monoisotopic (exact) mass is 192 g/mol. The largest absolute Gasteiger partial charge is 0.330 e. The molecular weight excluding hydrogens is 176 g/mol. The van der Waals surface area contributed by atoms with Gasteiger partial charge in [0.1, 0.15) is 0 Å². The van der Waals surface area contributed by atoms with E-state index in [1.807, 2.05) is 0 Å². The van der Waals surface area contributed by atoms with Crippen molar-refractivity contribution >= 4 is 10.0 Å². The van der Waals surface area contributed by atoms with Crippen LogP contribution in [0.2, 0.25) is 0 Å². The lowest BCUT2D eigenvalue weighted by Gasteiger charge is -2.29. The molecule has 12 heavy (non-hydrogen) atoms. The minimum absolute atomic E-state index is 0.355. The molecule has 1 saturated heterocycles. The average molecular weight is 192 g/mol. The van der Waals surface area contributed by atoms with Gasteiger partial charge in [-0.25, -0.2) is 12.7 Å². The molecule has 0 spiro atoms. The number of rotatable bonds is 2. The van der Waals surface area contributed by atoms with E-state index in [2.05, 4.69) is 0 Å². The Kier molecular flexibility index (Phi) is 3.09. The molecular formula is C7H16N2O2S. The van der Waals surface area contributed by atoms with Gasteiger partial charge in [0.25, 0.3) is 0 Å². The Morgan fingerprint density at radius 2 is 2.25 bits per heavy atom. The number of hydrogen-bond acceptors (Lipinski definition) is 3. The fourth-order valence-corrected chi connectivity index (χ4v) is 2.46. The van der Waals surface area contributed by atoms with Crippen LogP contribution in [0.4, 0.5) is 0 Å². The van der Waals surface area contributed by atoms with E-state index in [1.54, 1.807) is 0 Å². The molecule has 0 bridgehead atoms. The van der Waals surface area contributed by atoms with Gasteiger partial charge in [0.15, 0.2) is 0 Å². The summed E-state index contributed by atoms with van der Waals surface area (Å²) < 4.78 is 23.8. The Hall–Kier alpha value is -0.130. The zero-order valence-electron chi connectivity index (χ0n) is 7.36. The van der Waals surface area contributed by atoms with E-state index in [0.717, 1.165) is 12.8 Å². The van der Waals surface area contributed by atoms with E-state index in [9.17, 15) is 8.42 Å². The molecule has 1 fully saturated rings. The van der Waals surface area contributed by atoms with Crippen LogP contribution >= 0.6 is 0 Å². The van der Waals surface area contributed by atoms with Gasteiger partial charge in [-0.3, -0.25) is 0 Å². The minimum atomic E-state index is -2.99. The third kappa shape index (κ3) is 2.43. The highest BCUT2D eigenvalue weighted by atomic mass is 32.2. The molecule has 5 heteroatoms. The van der Waals surface area contributed by atoms with Crippen molar-refractivity contribution in [3.8, 4) is 0 Å². The van der Waals surface area contributed by atoms with E-state index in [4.69, 9.17) is 5.73 Å². The van der Waals surface area contributed by atoms with Crippen molar-refractivity contribution in [3.05, 3.63) is 0 Å². The highest BCUT2D eigenvalue weighted by Gasteiger charge is 2.24. The number of sulfonamides is 1. The van der Waals surface area contributed by atoms with Gasteiger partial charge in [-0.2, -0.15) is 0 Å². The lowest BCUT2D eigenvalue weighted by atomic mass is 10.0. The van der Waals surface area contributed by atoms with Gasteiger partial charge in [0, 0.05) is 13.1 Å². The van der Waals surface area contributed by atoms with Gasteiger partial charge in [-0.1, -0.05) is 0 Å². The zero-order valence-corrected chi connectivity index (χ0v) is 8.18. The van der Waals surface area contributed by atoms with Crippen molar-refractivity contribution in [2.45, 2.75) is 12.8 Å². The second-order valence-corrected chi connectivity index (χ2v) is 5.35. The van der Waals surface area contributed by atoms with Crippen LogP contribution < -0.4 is 5.73 Å². The van der Waals surface area contributed by atoms with Crippen molar-refractivity contribution in [2.75, 3.05) is 25.9 Å². The Morgan fingerprint density at radius 3 is 2.75 bits per heavy atom. The van der Waals surface area contributed by atoms with Gasteiger partial charge in [0.2, 0.25) is 10.0 Å². The maximum atomic E-state index is 11.1. The third-order valence-electron chi connectivity index (χ3n) is 2.28. The Morgan fingerprint density at radius 1 is 1.58 bits per heavy atom. The highest BCUT2D eigenvalue weighted by Crippen LogP contribution is 2.17. The number of nitrogens with two attached hydrogens (primary N) is 1. The summed E-state index contributed by atoms with van der Waals surface area (Å²) in [5.41, 5.74) is 5.49. The van der Waals surface area contributed by atoms with Crippen LogP contribution in [0.3, 0.4) is 0 Å². The fourth-order valence-electron chi connectivity index (χ4n) is 1.52. The molecule has 0 radical (unpaired) electrons. The molecule has 0 aromatic heterocycles. The van der Waals surface area contributed by atoms with E-state index in [-0.39, 0.29) is 0 Å². The van der Waals surface area contributed by atoms with Gasteiger partial charge < -0.3 is 5.73 Å². The van der Waals surface area contributed by atoms with Crippen molar-refractivity contribution in [2.24, 2.45) is 11.7 Å². The second kappa shape index (κ2) is 3.72. The summed E-state index contributed by atoms with van der Waals surface area (Å²) >= 11 is 0. The van der Waals surface area contributed by atoms with Crippen LogP contribution in [0, 0.1) is 5.92 Å². The minimum Gasteiger partial charge on any atom is -0.330 e. The smallest absolute Gasteiger partial charge is 0.211 e. The molecule has 1 atom stereocenters. The molecule has 72 valence electrons. The molecule has 4 nitrogen and oxygen atoms in total. The highest BCUT2D eigenvalue weighted by molar-refractivity contribution is 7.88. The maximum absolute atomic E-state index is 11.1. The predicted octanol–water partition coefficient (Wildman–Crippen LogP) is -0.383. The molecule has 0 amide bonds. The van der Waals surface area contributed by atoms with Crippen molar-refractivity contribution in [3.63, 3.8) is 0 Å². The summed E-state index contributed by atoms with van der Waals surface area (Å²) in [7, 11) is -2.99. The van der Waals surface area contributed by atoms with E-state index >= 15 is 0 Å². The van der Waals surface area contributed by atoms with E-state index in [0.29, 0.717) is 25.6 Å². The van der Waals surface area contributed by atoms with Crippen LogP contribution in [0.25, 0.3) is 0 Å². The van der Waals surface area contributed by atoms with Gasteiger partial charge in [-0.15, -0.1) is 0 Å². The molecule has 0 saturated carbocycles. The lowest BCUT2D eigenvalue weighted by molar-refractivity contribution is 0.273. The Balaban J connectivity index is 2.58. The normalized spacial score (nSPS) is 27.3. The quantitative estimate of drug-likeness (QED) is 0.648. The first-order valence-corrected chi connectivity index (χ1v) is 6.04. The lowest BCUT2D eigenvalue weighted by Crippen LogP contribution is -2.41. The molecule has 1 aliphatic heterocycles. The molecule has 0 aromatic rings. The Bertz CT molecular complexity index is 238. The third-order valence-corrected chi connectivity index (χ3v) is 3.55. The predicted molar refractivity (Wildman–Crippen MR) is 48.2 cm³/mol. The molecule has 1 rings (SSSR count). The fraction of sp³-hybridized carbons (Fsp3) is 1.00. The summed E-state index contributed by atoms with van der Waals surface area (Å²) in [4.78, 5) is 0. The first kappa shape index (κ1) is 9.95. The van der Waals surface area contributed by atoms with Crippen LogP contribution in [-0.4, -0.2) is 38.6 Å². The van der Waals surface area contributed by atoms with Crippen molar-refractivity contribution in [1.82, 2.24) is 4.31 Å². The molecule has 2 N–H and O–H groups in total. The van der Waals surface area contributed by atoms with E-state index in [1.165, 1.54) is 10.6 Å². The molecule has 0 aromatic carbocycles. The molecule has 1 aliphatic rings. The zero-order chi connectivity index (χ0) is 9.19. The number of hydrogen-bond donors (Lipinski definition) is 1. The van der Waals surface area contributed by atoms with Gasteiger partial charge >= 0.3 is 0 Å².